The molecule has 1 aliphatic carbocycles. The first kappa shape index (κ1) is 22.5. The van der Waals surface area contributed by atoms with Crippen molar-refractivity contribution < 1.29 is 28.2 Å². The van der Waals surface area contributed by atoms with E-state index in [1.807, 2.05) is 24.3 Å². The predicted octanol–water partition coefficient (Wildman–Crippen LogP) is 2.17. The van der Waals surface area contributed by atoms with Gasteiger partial charge >= 0.3 is 5.63 Å². The van der Waals surface area contributed by atoms with Gasteiger partial charge in [-0.25, -0.2) is 4.79 Å². The van der Waals surface area contributed by atoms with Gasteiger partial charge in [0.1, 0.15) is 17.9 Å². The quantitative estimate of drug-likeness (QED) is 0.517. The molecular formula is C27H26N2O7. The number of rotatable bonds is 4. The lowest BCUT2D eigenvalue weighted by atomic mass is 10.1. The molecule has 0 N–H and O–H groups in total. The van der Waals surface area contributed by atoms with Crippen molar-refractivity contribution in [1.82, 2.24) is 9.80 Å². The fourth-order valence-corrected chi connectivity index (χ4v) is 5.11. The van der Waals surface area contributed by atoms with E-state index < -0.39 is 6.10 Å². The minimum atomic E-state index is -0.695. The summed E-state index contributed by atoms with van der Waals surface area (Å²) >= 11 is 0. The lowest BCUT2D eigenvalue weighted by Crippen LogP contribution is -2.55. The second-order valence-corrected chi connectivity index (χ2v) is 9.22. The minimum Gasteiger partial charge on any atom is -0.485 e. The van der Waals surface area contributed by atoms with Crippen LogP contribution in [-0.4, -0.2) is 67.1 Å². The zero-order valence-electron chi connectivity index (χ0n) is 19.7. The first-order valence-corrected chi connectivity index (χ1v) is 12.2. The van der Waals surface area contributed by atoms with Gasteiger partial charge < -0.3 is 28.4 Å². The van der Waals surface area contributed by atoms with Crippen molar-refractivity contribution in [2.75, 3.05) is 39.4 Å². The van der Waals surface area contributed by atoms with E-state index in [9.17, 15) is 14.4 Å². The Kier molecular flexibility index (Phi) is 5.75. The van der Waals surface area contributed by atoms with Crippen LogP contribution in [0.1, 0.15) is 17.5 Å². The summed E-state index contributed by atoms with van der Waals surface area (Å²) in [4.78, 5) is 41.3. The Hall–Kier alpha value is -4.01. The molecule has 1 aromatic heterocycles. The highest BCUT2D eigenvalue weighted by atomic mass is 16.6. The second kappa shape index (κ2) is 9.22. The molecule has 3 aromatic rings. The molecule has 1 fully saturated rings. The van der Waals surface area contributed by atoms with Crippen LogP contribution in [0.4, 0.5) is 0 Å². The number of nitrogens with zero attached hydrogens (tertiary/aromatic N) is 2. The molecule has 0 spiro atoms. The maximum absolute atomic E-state index is 12.9. The molecule has 2 aromatic carbocycles. The number of para-hydroxylation sites is 2. The van der Waals surface area contributed by atoms with Crippen molar-refractivity contribution in [3.8, 4) is 17.2 Å². The number of hydrogen-bond donors (Lipinski definition) is 0. The maximum Gasteiger partial charge on any atom is 0.339 e. The molecule has 2 amide bonds. The number of ether oxygens (including phenoxy) is 3. The molecule has 9 heteroatoms. The minimum absolute atomic E-state index is 0.134. The molecule has 0 unspecified atom stereocenters. The van der Waals surface area contributed by atoms with Gasteiger partial charge in [0.25, 0.3) is 11.8 Å². The van der Waals surface area contributed by atoms with Crippen LogP contribution in [0.5, 0.6) is 17.2 Å². The van der Waals surface area contributed by atoms with Gasteiger partial charge in [-0.05, 0) is 49.1 Å². The first-order chi connectivity index (χ1) is 17.6. The number of hydrogen-bond acceptors (Lipinski definition) is 7. The van der Waals surface area contributed by atoms with E-state index in [1.165, 1.54) is 0 Å². The van der Waals surface area contributed by atoms with Gasteiger partial charge in [-0.1, -0.05) is 12.1 Å². The number of carbonyl (C=O) groups is 2. The fourth-order valence-electron chi connectivity index (χ4n) is 5.11. The standard InChI is InChI=1S/C27H26N2O7/c30-25(16-33-17-8-9-19-18-4-3-5-20(18)27(32)36-23(19)14-17)28-10-12-29(13-11-28)26(31)24-15-34-21-6-1-2-7-22(21)35-24/h1-2,6-9,14,24H,3-5,10-13,15-16H2/t24-/m0/s1. The Balaban J connectivity index is 1.03. The second-order valence-electron chi connectivity index (χ2n) is 9.22. The fraction of sp³-hybridized carbons (Fsp3) is 0.370. The average molecular weight is 491 g/mol. The van der Waals surface area contributed by atoms with Gasteiger partial charge in [0.05, 0.1) is 0 Å². The third-order valence-electron chi connectivity index (χ3n) is 7.04. The molecule has 6 rings (SSSR count). The van der Waals surface area contributed by atoms with E-state index in [0.717, 1.165) is 35.8 Å². The van der Waals surface area contributed by atoms with Gasteiger partial charge in [-0.3, -0.25) is 9.59 Å². The normalized spacial score (nSPS) is 18.7. The van der Waals surface area contributed by atoms with Crippen molar-refractivity contribution in [3.05, 3.63) is 64.0 Å². The number of benzene rings is 2. The van der Waals surface area contributed by atoms with Gasteiger partial charge in [0, 0.05) is 43.2 Å². The highest BCUT2D eigenvalue weighted by Crippen LogP contribution is 2.32. The SMILES string of the molecule is O=C(COc1ccc2c3c(c(=O)oc2c1)CCC3)N1CCN(C(=O)[C@@H]2COc3ccccc3O2)CC1. The number of amides is 2. The summed E-state index contributed by atoms with van der Waals surface area (Å²) in [6.07, 6.45) is 1.90. The number of piperazine rings is 1. The van der Waals surface area contributed by atoms with Crippen LogP contribution in [-0.2, 0) is 22.4 Å². The zero-order chi connectivity index (χ0) is 24.6. The Morgan fingerprint density at radius 3 is 2.53 bits per heavy atom. The number of fused-ring (bicyclic) bond motifs is 4. The summed E-state index contributed by atoms with van der Waals surface area (Å²) < 4.78 is 22.7. The summed E-state index contributed by atoms with van der Waals surface area (Å²) in [5.74, 6) is 1.36. The molecule has 186 valence electrons. The van der Waals surface area contributed by atoms with Crippen LogP contribution in [0.2, 0.25) is 0 Å². The summed E-state index contributed by atoms with van der Waals surface area (Å²) in [7, 11) is 0. The summed E-state index contributed by atoms with van der Waals surface area (Å²) in [5, 5.41) is 0.928. The maximum atomic E-state index is 12.9. The smallest absolute Gasteiger partial charge is 0.339 e. The third kappa shape index (κ3) is 4.14. The molecule has 1 atom stereocenters. The molecule has 3 aliphatic rings. The molecule has 2 aliphatic heterocycles. The molecule has 9 nitrogen and oxygen atoms in total. The van der Waals surface area contributed by atoms with Gasteiger partial charge in [0.15, 0.2) is 18.1 Å². The van der Waals surface area contributed by atoms with Gasteiger partial charge in [-0.15, -0.1) is 0 Å². The number of aryl methyl sites for hydroxylation is 1. The molecule has 0 bridgehead atoms. The van der Waals surface area contributed by atoms with E-state index in [-0.39, 0.29) is 30.7 Å². The van der Waals surface area contributed by atoms with Crippen molar-refractivity contribution in [2.24, 2.45) is 0 Å². The van der Waals surface area contributed by atoms with Gasteiger partial charge in [-0.2, -0.15) is 0 Å². The third-order valence-corrected chi connectivity index (χ3v) is 7.04. The molecule has 3 heterocycles. The number of carbonyl (C=O) groups excluding carboxylic acids is 2. The first-order valence-electron chi connectivity index (χ1n) is 12.2. The zero-order valence-corrected chi connectivity index (χ0v) is 19.7. The molecule has 0 radical (unpaired) electrons. The Morgan fingerprint density at radius 2 is 1.69 bits per heavy atom. The van der Waals surface area contributed by atoms with E-state index in [0.29, 0.717) is 49.0 Å². The van der Waals surface area contributed by atoms with Crippen LogP contribution < -0.4 is 19.8 Å². The van der Waals surface area contributed by atoms with Crippen molar-refractivity contribution in [3.63, 3.8) is 0 Å². The van der Waals surface area contributed by atoms with Crippen molar-refractivity contribution in [2.45, 2.75) is 25.4 Å². The van der Waals surface area contributed by atoms with Crippen LogP contribution >= 0.6 is 0 Å². The molecule has 36 heavy (non-hydrogen) atoms. The van der Waals surface area contributed by atoms with Crippen LogP contribution in [0.15, 0.2) is 51.7 Å². The van der Waals surface area contributed by atoms with E-state index in [1.54, 1.807) is 28.0 Å². The molecular weight excluding hydrogens is 464 g/mol. The predicted molar refractivity (Wildman–Crippen MR) is 130 cm³/mol. The monoisotopic (exact) mass is 490 g/mol. The highest BCUT2D eigenvalue weighted by molar-refractivity contribution is 5.84. The molecule has 0 saturated carbocycles. The van der Waals surface area contributed by atoms with E-state index >= 15 is 0 Å². The van der Waals surface area contributed by atoms with Crippen molar-refractivity contribution >= 4 is 22.8 Å². The summed E-state index contributed by atoms with van der Waals surface area (Å²) in [5.41, 5.74) is 2.03. The van der Waals surface area contributed by atoms with Crippen LogP contribution in [0, 0.1) is 0 Å². The van der Waals surface area contributed by atoms with E-state index in [4.69, 9.17) is 18.6 Å². The molecule has 1 saturated heterocycles. The van der Waals surface area contributed by atoms with E-state index in [2.05, 4.69) is 0 Å². The lowest BCUT2D eigenvalue weighted by Gasteiger charge is -2.37. The van der Waals surface area contributed by atoms with Crippen LogP contribution in [0.25, 0.3) is 11.0 Å². The highest BCUT2D eigenvalue weighted by Gasteiger charge is 2.33. The lowest BCUT2D eigenvalue weighted by molar-refractivity contribution is -0.146. The Bertz CT molecular complexity index is 1390. The Morgan fingerprint density at radius 1 is 0.944 bits per heavy atom. The summed E-state index contributed by atoms with van der Waals surface area (Å²) in [6.45, 7) is 1.69. The topological polar surface area (TPSA) is 98.5 Å². The summed E-state index contributed by atoms with van der Waals surface area (Å²) in [6, 6.07) is 12.6. The average Bonchev–Trinajstić information content (AvgIpc) is 3.42. The van der Waals surface area contributed by atoms with Crippen LogP contribution in [0.3, 0.4) is 0 Å². The van der Waals surface area contributed by atoms with Crippen molar-refractivity contribution in [1.29, 1.82) is 0 Å². The Labute approximate surface area is 207 Å². The van der Waals surface area contributed by atoms with Gasteiger partial charge in [0.2, 0.25) is 6.10 Å². The largest absolute Gasteiger partial charge is 0.485 e.